The van der Waals surface area contributed by atoms with Crippen LogP contribution in [0.5, 0.6) is 0 Å². The Morgan fingerprint density at radius 2 is 1.16 bits per heavy atom. The van der Waals surface area contributed by atoms with Crippen molar-refractivity contribution in [1.82, 2.24) is 4.98 Å². The Kier molecular flexibility index (Phi) is 4.55. The number of amides is 2. The topological polar surface area (TPSA) is 71.1 Å². The quantitative estimate of drug-likeness (QED) is 0.430. The van der Waals surface area contributed by atoms with E-state index >= 15 is 0 Å². The molecule has 0 aromatic carbocycles. The lowest BCUT2D eigenvalue weighted by atomic mass is 9.43. The van der Waals surface area contributed by atoms with Gasteiger partial charge in [-0.3, -0.25) is 9.59 Å². The molecule has 6 aliphatic carbocycles. The van der Waals surface area contributed by atoms with E-state index in [1.807, 2.05) is 6.07 Å². The Labute approximate surface area is 207 Å². The first-order chi connectivity index (χ1) is 14.7. The van der Waals surface area contributed by atoms with Crippen molar-refractivity contribution in [1.29, 1.82) is 0 Å². The molecule has 7 rings (SSSR count). The fraction of sp³-hybridized carbons (Fsp3) is 0.720. The van der Waals surface area contributed by atoms with Crippen LogP contribution in [0.4, 0.5) is 11.6 Å². The fourth-order valence-corrected chi connectivity index (χ4v) is 11.6. The molecule has 1 aromatic rings. The molecule has 0 spiro atoms. The molecule has 1 aromatic heterocycles. The molecule has 6 atom stereocenters. The highest BCUT2D eigenvalue weighted by Gasteiger charge is 2.81. The highest BCUT2D eigenvalue weighted by atomic mass is 79.9. The average molecular weight is 567 g/mol. The number of nitrogens with one attached hydrogen (secondary N) is 2. The van der Waals surface area contributed by atoms with E-state index in [0.29, 0.717) is 11.6 Å². The van der Waals surface area contributed by atoms with Crippen LogP contribution in [-0.4, -0.2) is 26.5 Å². The van der Waals surface area contributed by atoms with Gasteiger partial charge >= 0.3 is 0 Å². The monoisotopic (exact) mass is 565 g/mol. The molecule has 6 unspecified atom stereocenters. The predicted molar refractivity (Wildman–Crippen MR) is 134 cm³/mol. The van der Waals surface area contributed by atoms with E-state index in [1.165, 1.54) is 0 Å². The largest absolute Gasteiger partial charge is 0.310 e. The predicted octanol–water partition coefficient (Wildman–Crippen LogP) is 6.14. The summed E-state index contributed by atoms with van der Waals surface area (Å²) < 4.78 is 0. The van der Waals surface area contributed by atoms with Gasteiger partial charge in [0.05, 0.1) is 10.8 Å². The first-order valence-corrected chi connectivity index (χ1v) is 13.4. The number of carbonyl (C=O) groups is 2. The molecule has 0 radical (unpaired) electrons. The Morgan fingerprint density at radius 3 is 1.44 bits per heavy atom. The van der Waals surface area contributed by atoms with Gasteiger partial charge in [-0.1, -0.05) is 79.5 Å². The number of rotatable bonds is 4. The number of anilines is 2. The molecule has 174 valence electrons. The van der Waals surface area contributed by atoms with Crippen LogP contribution < -0.4 is 10.6 Å². The summed E-state index contributed by atoms with van der Waals surface area (Å²) in [5.41, 5.74) is -0.781. The van der Waals surface area contributed by atoms with E-state index in [9.17, 15) is 9.59 Å². The number of hydrogen-bond donors (Lipinski definition) is 2. The third-order valence-electron chi connectivity index (χ3n) is 11.2. The molecule has 6 saturated carbocycles. The fourth-order valence-electron chi connectivity index (χ4n) is 7.94. The summed E-state index contributed by atoms with van der Waals surface area (Å²) >= 11 is 7.66. The van der Waals surface area contributed by atoms with Crippen molar-refractivity contribution < 1.29 is 9.59 Å². The summed E-state index contributed by atoms with van der Waals surface area (Å²) in [4.78, 5) is 31.8. The molecule has 1 heterocycles. The van der Waals surface area contributed by atoms with Gasteiger partial charge in [0, 0.05) is 9.65 Å². The summed E-state index contributed by atoms with van der Waals surface area (Å²) in [5.74, 6) is 0.993. The lowest BCUT2D eigenvalue weighted by Crippen LogP contribution is -2.68. The third kappa shape index (κ3) is 2.15. The molecular formula is C25H33Br2N3O2. The van der Waals surface area contributed by atoms with Crippen LogP contribution in [0, 0.1) is 32.5 Å². The molecule has 5 nitrogen and oxygen atoms in total. The van der Waals surface area contributed by atoms with Gasteiger partial charge in [0.1, 0.15) is 11.6 Å². The maximum Gasteiger partial charge on any atom is 0.233 e. The van der Waals surface area contributed by atoms with Gasteiger partial charge in [-0.2, -0.15) is 0 Å². The van der Waals surface area contributed by atoms with Crippen LogP contribution in [0.2, 0.25) is 0 Å². The van der Waals surface area contributed by atoms with Crippen molar-refractivity contribution in [2.75, 3.05) is 10.6 Å². The number of carbonyl (C=O) groups excluding carboxylic acids is 2. The minimum absolute atomic E-state index is 0.0149. The molecule has 7 heteroatoms. The molecule has 0 saturated heterocycles. The first kappa shape index (κ1) is 22.8. The van der Waals surface area contributed by atoms with Crippen molar-refractivity contribution >= 4 is 55.3 Å². The molecule has 4 bridgehead atoms. The van der Waals surface area contributed by atoms with Crippen molar-refractivity contribution in [2.24, 2.45) is 32.5 Å². The smallest absolute Gasteiger partial charge is 0.233 e. The van der Waals surface area contributed by atoms with Gasteiger partial charge in [-0.05, 0) is 59.5 Å². The van der Waals surface area contributed by atoms with E-state index in [4.69, 9.17) is 0 Å². The van der Waals surface area contributed by atoms with Crippen LogP contribution in [0.25, 0.3) is 0 Å². The Bertz CT molecular complexity index is 965. The van der Waals surface area contributed by atoms with E-state index in [-0.39, 0.29) is 43.1 Å². The zero-order valence-corrected chi connectivity index (χ0v) is 22.9. The molecule has 0 aliphatic heterocycles. The second kappa shape index (κ2) is 6.38. The second-order valence-corrected chi connectivity index (χ2v) is 13.9. The van der Waals surface area contributed by atoms with Crippen LogP contribution in [0.3, 0.4) is 0 Å². The van der Waals surface area contributed by atoms with E-state index in [1.54, 1.807) is 12.1 Å². The average Bonchev–Trinajstić information content (AvgIpc) is 3.33. The number of halogens is 2. The standard InChI is InChI=1S/C25H33Br2N3O2/c1-20(2)22(5)10-12-24(20,16(22)26)18(31)29-14-8-7-9-15(28-14)30-19(32)25-13-11-23(6,17(25)27)21(25,3)4/h7-9,16-17H,10-13H2,1-6H3,(H2,28,29,30,31,32). The molecule has 6 aliphatic rings. The zero-order chi connectivity index (χ0) is 23.5. The van der Waals surface area contributed by atoms with Crippen molar-refractivity contribution in [3.63, 3.8) is 0 Å². The molecule has 6 fully saturated rings. The summed E-state index contributed by atoms with van der Waals surface area (Å²) in [7, 11) is 0. The minimum Gasteiger partial charge on any atom is -0.310 e. The van der Waals surface area contributed by atoms with E-state index in [2.05, 4.69) is 89.0 Å². The number of aromatic nitrogens is 1. The van der Waals surface area contributed by atoms with Gasteiger partial charge in [-0.15, -0.1) is 0 Å². The van der Waals surface area contributed by atoms with Gasteiger partial charge in [0.2, 0.25) is 11.8 Å². The van der Waals surface area contributed by atoms with E-state index in [0.717, 1.165) is 25.7 Å². The van der Waals surface area contributed by atoms with Gasteiger partial charge in [-0.25, -0.2) is 4.98 Å². The van der Waals surface area contributed by atoms with Crippen molar-refractivity contribution in [3.8, 4) is 0 Å². The van der Waals surface area contributed by atoms with Gasteiger partial charge < -0.3 is 10.6 Å². The lowest BCUT2D eigenvalue weighted by Gasteiger charge is -2.64. The van der Waals surface area contributed by atoms with Crippen LogP contribution >= 0.6 is 31.9 Å². The number of pyridine rings is 1. The summed E-state index contributed by atoms with van der Waals surface area (Å²) in [5, 5.41) is 6.12. The van der Waals surface area contributed by atoms with Crippen LogP contribution in [0.1, 0.15) is 67.2 Å². The lowest BCUT2D eigenvalue weighted by molar-refractivity contribution is -0.156. The second-order valence-electron chi connectivity index (χ2n) is 12.1. The summed E-state index contributed by atoms with van der Waals surface area (Å²) in [6.45, 7) is 13.3. The molecule has 2 amide bonds. The number of hydrogen-bond acceptors (Lipinski definition) is 3. The number of fused-ring (bicyclic) bond motifs is 2. The van der Waals surface area contributed by atoms with E-state index < -0.39 is 10.8 Å². The molecular weight excluding hydrogens is 534 g/mol. The minimum atomic E-state index is -0.435. The highest BCUT2D eigenvalue weighted by molar-refractivity contribution is 9.09. The Hall–Kier alpha value is -0.950. The first-order valence-electron chi connectivity index (χ1n) is 11.6. The highest BCUT2D eigenvalue weighted by Crippen LogP contribution is 2.81. The maximum atomic E-state index is 13.4. The Balaban J connectivity index is 1.34. The van der Waals surface area contributed by atoms with Crippen molar-refractivity contribution in [3.05, 3.63) is 18.2 Å². The van der Waals surface area contributed by atoms with Gasteiger partial charge in [0.25, 0.3) is 0 Å². The number of nitrogens with zero attached hydrogens (tertiary/aromatic N) is 1. The number of alkyl halides is 2. The Morgan fingerprint density at radius 1 is 0.781 bits per heavy atom. The normalized spacial score (nSPS) is 44.4. The summed E-state index contributed by atoms with van der Waals surface area (Å²) in [6, 6.07) is 5.41. The van der Waals surface area contributed by atoms with Crippen LogP contribution in [0.15, 0.2) is 18.2 Å². The third-order valence-corrected chi connectivity index (χ3v) is 14.8. The van der Waals surface area contributed by atoms with Crippen molar-refractivity contribution in [2.45, 2.75) is 76.9 Å². The molecule has 32 heavy (non-hydrogen) atoms. The summed E-state index contributed by atoms with van der Waals surface area (Å²) in [6.07, 6.45) is 3.82. The zero-order valence-electron chi connectivity index (χ0n) is 19.7. The van der Waals surface area contributed by atoms with Gasteiger partial charge in [0.15, 0.2) is 0 Å². The van der Waals surface area contributed by atoms with Crippen LogP contribution in [-0.2, 0) is 9.59 Å². The SMILES string of the molecule is CC12CCC(C(=O)Nc3cccc(NC(=O)C45CCC(C)(C4Br)C5(C)C)n3)(C1Br)C2(C)C. The molecule has 2 N–H and O–H groups in total. The maximum absolute atomic E-state index is 13.4.